The molecule has 0 spiro atoms. The fourth-order valence-corrected chi connectivity index (χ4v) is 2.47. The number of aliphatic carboxylic acids is 1. The SMILES string of the molecule is O=C(O)CCCCCCCCCCCCCC1CO1. The van der Waals surface area contributed by atoms with Crippen LogP contribution in [0.3, 0.4) is 0 Å². The second-order valence-corrected chi connectivity index (χ2v) is 5.78. The van der Waals surface area contributed by atoms with Crippen LogP contribution in [-0.2, 0) is 9.53 Å². The lowest BCUT2D eigenvalue weighted by Crippen LogP contribution is -1.93. The summed E-state index contributed by atoms with van der Waals surface area (Å²) in [5.74, 6) is -0.659. The molecule has 0 bridgehead atoms. The van der Waals surface area contributed by atoms with Crippen LogP contribution in [-0.4, -0.2) is 23.8 Å². The Balaban J connectivity index is 1.63. The van der Waals surface area contributed by atoms with Gasteiger partial charge in [0.2, 0.25) is 0 Å². The number of rotatable bonds is 14. The van der Waals surface area contributed by atoms with Gasteiger partial charge < -0.3 is 9.84 Å². The van der Waals surface area contributed by atoms with Crippen LogP contribution in [0.4, 0.5) is 0 Å². The van der Waals surface area contributed by atoms with E-state index in [-0.39, 0.29) is 0 Å². The second kappa shape index (κ2) is 11.3. The summed E-state index contributed by atoms with van der Waals surface area (Å²) < 4.78 is 5.19. The molecule has 0 saturated carbocycles. The molecule has 0 radical (unpaired) electrons. The Bertz CT molecular complexity index is 224. The first kappa shape index (κ1) is 16.5. The Morgan fingerprint density at radius 3 is 1.68 bits per heavy atom. The molecule has 1 saturated heterocycles. The lowest BCUT2D eigenvalue weighted by molar-refractivity contribution is -0.137. The van der Waals surface area contributed by atoms with Crippen molar-refractivity contribution < 1.29 is 14.6 Å². The third kappa shape index (κ3) is 12.2. The van der Waals surface area contributed by atoms with Gasteiger partial charge in [0.05, 0.1) is 12.7 Å². The highest BCUT2D eigenvalue weighted by Crippen LogP contribution is 2.18. The molecule has 0 aliphatic carbocycles. The van der Waals surface area contributed by atoms with E-state index in [0.29, 0.717) is 12.5 Å². The lowest BCUT2D eigenvalue weighted by Gasteiger charge is -2.02. The van der Waals surface area contributed by atoms with E-state index in [9.17, 15) is 4.79 Å². The minimum Gasteiger partial charge on any atom is -0.481 e. The molecule has 1 atom stereocenters. The number of hydrogen-bond donors (Lipinski definition) is 1. The van der Waals surface area contributed by atoms with Gasteiger partial charge in [0.15, 0.2) is 0 Å². The van der Waals surface area contributed by atoms with Gasteiger partial charge in [-0.1, -0.05) is 64.2 Å². The zero-order valence-electron chi connectivity index (χ0n) is 12.2. The van der Waals surface area contributed by atoms with Crippen LogP contribution < -0.4 is 0 Å². The molecule has 112 valence electrons. The summed E-state index contributed by atoms with van der Waals surface area (Å²) in [7, 11) is 0. The van der Waals surface area contributed by atoms with E-state index in [1.807, 2.05) is 0 Å². The molecular weight excluding hydrogens is 240 g/mol. The molecule has 1 aliphatic rings. The van der Waals surface area contributed by atoms with Crippen LogP contribution in [0.25, 0.3) is 0 Å². The minimum atomic E-state index is -0.659. The highest BCUT2D eigenvalue weighted by Gasteiger charge is 2.20. The zero-order valence-corrected chi connectivity index (χ0v) is 12.2. The third-order valence-electron chi connectivity index (χ3n) is 3.82. The number of carboxylic acids is 1. The van der Waals surface area contributed by atoms with Crippen molar-refractivity contribution in [1.82, 2.24) is 0 Å². The summed E-state index contributed by atoms with van der Waals surface area (Å²) in [6.45, 7) is 1.01. The van der Waals surface area contributed by atoms with Gasteiger partial charge in [-0.25, -0.2) is 0 Å². The smallest absolute Gasteiger partial charge is 0.303 e. The zero-order chi connectivity index (χ0) is 13.8. The van der Waals surface area contributed by atoms with Crippen molar-refractivity contribution in [3.05, 3.63) is 0 Å². The van der Waals surface area contributed by atoms with Gasteiger partial charge in [0.25, 0.3) is 0 Å². The van der Waals surface area contributed by atoms with Gasteiger partial charge in [-0.2, -0.15) is 0 Å². The number of unbranched alkanes of at least 4 members (excludes halogenated alkanes) is 10. The third-order valence-corrected chi connectivity index (χ3v) is 3.82. The summed E-state index contributed by atoms with van der Waals surface area (Å²) in [4.78, 5) is 10.3. The summed E-state index contributed by atoms with van der Waals surface area (Å²) in [6.07, 6.45) is 16.1. The highest BCUT2D eigenvalue weighted by molar-refractivity contribution is 5.66. The molecule has 0 amide bonds. The second-order valence-electron chi connectivity index (χ2n) is 5.78. The van der Waals surface area contributed by atoms with Gasteiger partial charge in [0.1, 0.15) is 0 Å². The van der Waals surface area contributed by atoms with E-state index in [1.165, 1.54) is 64.2 Å². The summed E-state index contributed by atoms with van der Waals surface area (Å²) in [5.41, 5.74) is 0. The van der Waals surface area contributed by atoms with Gasteiger partial charge in [0, 0.05) is 6.42 Å². The monoisotopic (exact) mass is 270 g/mol. The maximum atomic E-state index is 10.3. The molecule has 1 rings (SSSR count). The van der Waals surface area contributed by atoms with Crippen LogP contribution in [0.2, 0.25) is 0 Å². The van der Waals surface area contributed by atoms with E-state index < -0.39 is 5.97 Å². The Morgan fingerprint density at radius 1 is 0.842 bits per heavy atom. The van der Waals surface area contributed by atoms with E-state index in [0.717, 1.165) is 19.4 Å². The number of epoxide rings is 1. The van der Waals surface area contributed by atoms with Crippen LogP contribution in [0.15, 0.2) is 0 Å². The number of carbonyl (C=O) groups is 1. The first-order valence-electron chi connectivity index (χ1n) is 8.12. The topological polar surface area (TPSA) is 49.8 Å². The first-order valence-corrected chi connectivity index (χ1v) is 8.12. The molecule has 0 aromatic carbocycles. The molecule has 1 fully saturated rings. The molecular formula is C16H30O3. The van der Waals surface area contributed by atoms with Crippen molar-refractivity contribution in [2.75, 3.05) is 6.61 Å². The van der Waals surface area contributed by atoms with Gasteiger partial charge in [-0.3, -0.25) is 4.79 Å². The van der Waals surface area contributed by atoms with E-state index in [1.54, 1.807) is 0 Å². The van der Waals surface area contributed by atoms with Crippen LogP contribution >= 0.6 is 0 Å². The number of ether oxygens (including phenoxy) is 1. The van der Waals surface area contributed by atoms with Gasteiger partial charge in [-0.05, 0) is 12.8 Å². The fourth-order valence-electron chi connectivity index (χ4n) is 2.47. The lowest BCUT2D eigenvalue weighted by atomic mass is 10.0. The van der Waals surface area contributed by atoms with Crippen molar-refractivity contribution in [3.63, 3.8) is 0 Å². The number of carboxylic acid groups (broad SMARTS) is 1. The summed E-state index contributed by atoms with van der Waals surface area (Å²) >= 11 is 0. The molecule has 1 N–H and O–H groups in total. The Kier molecular flexibility index (Phi) is 9.78. The minimum absolute atomic E-state index is 0.339. The Hall–Kier alpha value is -0.570. The standard InChI is InChI=1S/C16H30O3/c17-16(18)13-11-9-7-5-3-1-2-4-6-8-10-12-15-14-19-15/h15H,1-14H2,(H,17,18). The average molecular weight is 270 g/mol. The van der Waals surface area contributed by atoms with E-state index >= 15 is 0 Å². The van der Waals surface area contributed by atoms with Crippen LogP contribution in [0.1, 0.15) is 83.5 Å². The summed E-state index contributed by atoms with van der Waals surface area (Å²) in [6, 6.07) is 0. The van der Waals surface area contributed by atoms with Crippen molar-refractivity contribution in [3.8, 4) is 0 Å². The molecule has 0 aromatic heterocycles. The molecule has 3 heteroatoms. The van der Waals surface area contributed by atoms with Crippen molar-refractivity contribution in [2.45, 2.75) is 89.6 Å². The highest BCUT2D eigenvalue weighted by atomic mass is 16.6. The maximum Gasteiger partial charge on any atom is 0.303 e. The molecule has 1 unspecified atom stereocenters. The van der Waals surface area contributed by atoms with Crippen molar-refractivity contribution >= 4 is 5.97 Å². The average Bonchev–Trinajstić information content (AvgIpc) is 3.18. The van der Waals surface area contributed by atoms with Crippen LogP contribution in [0.5, 0.6) is 0 Å². The van der Waals surface area contributed by atoms with Gasteiger partial charge >= 0.3 is 5.97 Å². The maximum absolute atomic E-state index is 10.3. The quantitative estimate of drug-likeness (QED) is 0.372. The first-order chi connectivity index (χ1) is 9.29. The Labute approximate surface area is 117 Å². The van der Waals surface area contributed by atoms with E-state index in [4.69, 9.17) is 9.84 Å². The molecule has 1 heterocycles. The predicted molar refractivity (Wildman–Crippen MR) is 77.4 cm³/mol. The number of hydrogen-bond acceptors (Lipinski definition) is 2. The Morgan fingerprint density at radius 2 is 1.26 bits per heavy atom. The van der Waals surface area contributed by atoms with E-state index in [2.05, 4.69) is 0 Å². The van der Waals surface area contributed by atoms with Crippen molar-refractivity contribution in [1.29, 1.82) is 0 Å². The molecule has 0 aromatic rings. The van der Waals surface area contributed by atoms with Crippen molar-refractivity contribution in [2.24, 2.45) is 0 Å². The summed E-state index contributed by atoms with van der Waals surface area (Å²) in [5, 5.41) is 8.50. The van der Waals surface area contributed by atoms with Gasteiger partial charge in [-0.15, -0.1) is 0 Å². The van der Waals surface area contributed by atoms with Crippen LogP contribution in [0, 0.1) is 0 Å². The fraction of sp³-hybridized carbons (Fsp3) is 0.938. The molecule has 3 nitrogen and oxygen atoms in total. The molecule has 1 aliphatic heterocycles. The predicted octanol–water partition coefficient (Wildman–Crippen LogP) is 4.54. The molecule has 19 heavy (non-hydrogen) atoms. The normalized spacial score (nSPS) is 17.6. The largest absolute Gasteiger partial charge is 0.481 e.